The van der Waals surface area contributed by atoms with Crippen molar-refractivity contribution in [3.63, 3.8) is 0 Å². The lowest BCUT2D eigenvalue weighted by Gasteiger charge is -2.17. The van der Waals surface area contributed by atoms with Gasteiger partial charge < -0.3 is 19.1 Å². The molecule has 0 spiro atoms. The highest BCUT2D eigenvalue weighted by Gasteiger charge is 2.16. The SMILES string of the molecule is CC(=O)SCC(=O)c1ccc(NS(=O)(=O)c2ccc(OCCCCN(C)Cc3ccc4c(c3)OCO4)cc2)nc1. The van der Waals surface area contributed by atoms with E-state index in [1.165, 1.54) is 37.4 Å². The number of pyridine rings is 1. The number of rotatable bonds is 14. The minimum Gasteiger partial charge on any atom is -0.494 e. The molecule has 10 nitrogen and oxygen atoms in total. The minimum absolute atomic E-state index is 0.00975. The van der Waals surface area contributed by atoms with Crippen LogP contribution in [0.15, 0.2) is 65.7 Å². The van der Waals surface area contributed by atoms with Crippen LogP contribution in [-0.4, -0.2) is 61.9 Å². The van der Waals surface area contributed by atoms with Gasteiger partial charge >= 0.3 is 0 Å². The average molecular weight is 586 g/mol. The van der Waals surface area contributed by atoms with Gasteiger partial charge in [-0.3, -0.25) is 14.3 Å². The molecule has 0 atom stereocenters. The van der Waals surface area contributed by atoms with Crippen LogP contribution in [0.25, 0.3) is 0 Å². The molecule has 40 heavy (non-hydrogen) atoms. The zero-order valence-electron chi connectivity index (χ0n) is 22.3. The molecule has 0 saturated carbocycles. The Morgan fingerprint density at radius 2 is 1.82 bits per heavy atom. The fourth-order valence-corrected chi connectivity index (χ4v) is 5.39. The number of benzene rings is 2. The second kappa shape index (κ2) is 13.6. The Kier molecular flexibility index (Phi) is 10.0. The zero-order chi connectivity index (χ0) is 28.5. The highest BCUT2D eigenvalue weighted by Crippen LogP contribution is 2.32. The number of hydrogen-bond donors (Lipinski definition) is 1. The van der Waals surface area contributed by atoms with E-state index in [0.717, 1.165) is 54.8 Å². The number of Topliss-reactive ketones (excluding diaryl/α,β-unsaturated/α-hetero) is 1. The van der Waals surface area contributed by atoms with Gasteiger partial charge in [0.1, 0.15) is 11.6 Å². The molecule has 0 amide bonds. The van der Waals surface area contributed by atoms with Gasteiger partial charge in [0.25, 0.3) is 10.0 Å². The molecule has 12 heteroatoms. The maximum absolute atomic E-state index is 12.7. The molecule has 0 saturated heterocycles. The van der Waals surface area contributed by atoms with E-state index in [2.05, 4.69) is 21.7 Å². The predicted molar refractivity (Wildman–Crippen MR) is 153 cm³/mol. The Balaban J connectivity index is 1.18. The number of sulfonamides is 1. The third-order valence-electron chi connectivity index (χ3n) is 5.96. The number of fused-ring (bicyclic) bond motifs is 1. The molecular formula is C28H31N3O7S2. The first-order chi connectivity index (χ1) is 19.2. The normalized spacial score (nSPS) is 12.4. The first-order valence-corrected chi connectivity index (χ1v) is 15.1. The predicted octanol–water partition coefficient (Wildman–Crippen LogP) is 4.36. The summed E-state index contributed by atoms with van der Waals surface area (Å²) >= 11 is 0.911. The second-order valence-electron chi connectivity index (χ2n) is 9.19. The summed E-state index contributed by atoms with van der Waals surface area (Å²) in [6, 6.07) is 15.0. The van der Waals surface area contributed by atoms with Crippen LogP contribution in [0, 0.1) is 0 Å². The van der Waals surface area contributed by atoms with Crippen LogP contribution in [0.2, 0.25) is 0 Å². The molecule has 2 heterocycles. The number of nitrogens with zero attached hydrogens (tertiary/aromatic N) is 2. The molecular weight excluding hydrogens is 554 g/mol. The van der Waals surface area contributed by atoms with Crippen molar-refractivity contribution in [1.29, 1.82) is 0 Å². The maximum atomic E-state index is 12.7. The lowest BCUT2D eigenvalue weighted by Crippen LogP contribution is -2.19. The van der Waals surface area contributed by atoms with Gasteiger partial charge in [-0.05, 0) is 80.5 Å². The van der Waals surface area contributed by atoms with Gasteiger partial charge in [-0.1, -0.05) is 17.8 Å². The van der Waals surface area contributed by atoms with Crippen LogP contribution in [0.1, 0.15) is 35.7 Å². The highest BCUT2D eigenvalue weighted by atomic mass is 32.2. The van der Waals surface area contributed by atoms with Crippen molar-refractivity contribution in [2.24, 2.45) is 0 Å². The molecule has 0 aliphatic carbocycles. The van der Waals surface area contributed by atoms with Crippen molar-refractivity contribution < 1.29 is 32.2 Å². The molecule has 2 aromatic carbocycles. The Bertz CT molecular complexity index is 1430. The van der Waals surface area contributed by atoms with E-state index in [1.807, 2.05) is 18.2 Å². The number of carbonyl (C=O) groups excluding carboxylic acids is 2. The molecule has 3 aromatic rings. The molecule has 1 N–H and O–H groups in total. The topological polar surface area (TPSA) is 124 Å². The van der Waals surface area contributed by atoms with E-state index in [9.17, 15) is 18.0 Å². The zero-order valence-corrected chi connectivity index (χ0v) is 23.9. The Morgan fingerprint density at radius 3 is 2.55 bits per heavy atom. The van der Waals surface area contributed by atoms with Crippen molar-refractivity contribution in [3.05, 3.63) is 71.9 Å². The Labute approximate surface area is 238 Å². The second-order valence-corrected chi connectivity index (χ2v) is 12.0. The molecule has 4 rings (SSSR count). The van der Waals surface area contributed by atoms with Gasteiger partial charge in [0.15, 0.2) is 22.4 Å². The Hall–Kier alpha value is -3.61. The monoisotopic (exact) mass is 585 g/mol. The van der Waals surface area contributed by atoms with Gasteiger partial charge in [-0.2, -0.15) is 0 Å². The first-order valence-electron chi connectivity index (χ1n) is 12.6. The lowest BCUT2D eigenvalue weighted by atomic mass is 10.2. The van der Waals surface area contributed by atoms with Crippen LogP contribution in [-0.2, 0) is 21.4 Å². The Morgan fingerprint density at radius 1 is 1.05 bits per heavy atom. The summed E-state index contributed by atoms with van der Waals surface area (Å²) in [6.45, 7) is 3.88. The largest absolute Gasteiger partial charge is 0.494 e. The van der Waals surface area contributed by atoms with Crippen LogP contribution in [0.4, 0.5) is 5.82 Å². The number of ketones is 1. The van der Waals surface area contributed by atoms with E-state index < -0.39 is 10.0 Å². The van der Waals surface area contributed by atoms with Crippen molar-refractivity contribution in [2.75, 3.05) is 37.5 Å². The third kappa shape index (κ3) is 8.44. The smallest absolute Gasteiger partial charge is 0.263 e. The summed E-state index contributed by atoms with van der Waals surface area (Å²) in [7, 11) is -1.81. The third-order valence-corrected chi connectivity index (χ3v) is 8.14. The average Bonchev–Trinajstić information content (AvgIpc) is 3.40. The van der Waals surface area contributed by atoms with Gasteiger partial charge in [-0.15, -0.1) is 0 Å². The summed E-state index contributed by atoms with van der Waals surface area (Å²) in [5, 5.41) is -0.153. The fraction of sp³-hybridized carbons (Fsp3) is 0.321. The molecule has 0 unspecified atom stereocenters. The molecule has 0 bridgehead atoms. The van der Waals surface area contributed by atoms with Crippen LogP contribution >= 0.6 is 11.8 Å². The summed E-state index contributed by atoms with van der Waals surface area (Å²) < 4.78 is 44.5. The van der Waals surface area contributed by atoms with Crippen molar-refractivity contribution in [1.82, 2.24) is 9.88 Å². The first kappa shape index (κ1) is 29.4. The number of anilines is 1. The van der Waals surface area contributed by atoms with Gasteiger partial charge in [0.2, 0.25) is 6.79 Å². The van der Waals surface area contributed by atoms with Gasteiger partial charge in [0, 0.05) is 25.2 Å². The van der Waals surface area contributed by atoms with Crippen LogP contribution < -0.4 is 18.9 Å². The molecule has 212 valence electrons. The maximum Gasteiger partial charge on any atom is 0.263 e. The van der Waals surface area contributed by atoms with Crippen LogP contribution in [0.5, 0.6) is 17.2 Å². The molecule has 1 aliphatic heterocycles. The summed E-state index contributed by atoms with van der Waals surface area (Å²) in [4.78, 5) is 29.4. The number of unbranched alkanes of at least 4 members (excludes halogenated alkanes) is 1. The molecule has 1 aromatic heterocycles. The number of nitrogens with one attached hydrogen (secondary N) is 1. The lowest BCUT2D eigenvalue weighted by molar-refractivity contribution is -0.109. The highest BCUT2D eigenvalue weighted by molar-refractivity contribution is 8.14. The summed E-state index contributed by atoms with van der Waals surface area (Å²) in [5.41, 5.74) is 1.46. The quantitative estimate of drug-likeness (QED) is 0.215. The van der Waals surface area contributed by atoms with Crippen molar-refractivity contribution >= 4 is 38.5 Å². The van der Waals surface area contributed by atoms with E-state index in [4.69, 9.17) is 14.2 Å². The van der Waals surface area contributed by atoms with E-state index in [-0.39, 0.29) is 34.2 Å². The number of carbonyl (C=O) groups is 2. The number of ether oxygens (including phenoxy) is 3. The van der Waals surface area contributed by atoms with Gasteiger partial charge in [0.05, 0.1) is 17.3 Å². The number of hydrogen-bond acceptors (Lipinski definition) is 10. The summed E-state index contributed by atoms with van der Waals surface area (Å²) in [5.74, 6) is 1.98. The number of aromatic nitrogens is 1. The summed E-state index contributed by atoms with van der Waals surface area (Å²) in [6.07, 6.45) is 3.09. The molecule has 0 radical (unpaired) electrons. The minimum atomic E-state index is -3.87. The molecule has 0 fully saturated rings. The van der Waals surface area contributed by atoms with Crippen molar-refractivity contribution in [2.45, 2.75) is 31.2 Å². The number of thioether (sulfide) groups is 1. The molecule has 1 aliphatic rings. The van der Waals surface area contributed by atoms with E-state index in [0.29, 0.717) is 17.9 Å². The van der Waals surface area contributed by atoms with Crippen molar-refractivity contribution in [3.8, 4) is 17.2 Å². The van der Waals surface area contributed by atoms with E-state index >= 15 is 0 Å². The standard InChI is InChI=1S/C28H31N3O7S2/c1-20(32)39-18-25(33)22-6-12-28(29-16-22)30-40(34,35)24-9-7-23(8-10-24)36-14-4-3-13-31(2)17-21-5-11-26-27(15-21)38-19-37-26/h5-12,15-16H,3-4,13-14,17-19H2,1-2H3,(H,29,30). The van der Waals surface area contributed by atoms with Crippen LogP contribution in [0.3, 0.4) is 0 Å². The van der Waals surface area contributed by atoms with Gasteiger partial charge in [-0.25, -0.2) is 13.4 Å². The fourth-order valence-electron chi connectivity index (χ4n) is 3.89. The van der Waals surface area contributed by atoms with E-state index in [1.54, 1.807) is 12.1 Å².